The third-order valence-electron chi connectivity index (χ3n) is 11.6. The van der Waals surface area contributed by atoms with E-state index in [1.807, 2.05) is 36.4 Å². The van der Waals surface area contributed by atoms with Crippen LogP contribution in [0.3, 0.4) is 0 Å². The van der Waals surface area contributed by atoms with Crippen LogP contribution in [0.2, 0.25) is 0 Å². The first-order chi connectivity index (χ1) is 27.8. The molecule has 5 nitrogen and oxygen atoms in total. The van der Waals surface area contributed by atoms with Crippen LogP contribution in [0.25, 0.3) is 88.8 Å². The van der Waals surface area contributed by atoms with Crippen molar-refractivity contribution >= 4 is 54.4 Å². The van der Waals surface area contributed by atoms with E-state index in [1.54, 1.807) is 0 Å². The number of benzene rings is 8. The highest BCUT2D eigenvalue weighted by Gasteiger charge is 2.28. The molecule has 0 unspecified atom stereocenters. The Hall–Kier alpha value is -7.37. The Labute approximate surface area is 322 Å². The Kier molecular flexibility index (Phi) is 6.69. The van der Waals surface area contributed by atoms with Crippen molar-refractivity contribution in [3.05, 3.63) is 198 Å². The lowest BCUT2D eigenvalue weighted by Crippen LogP contribution is -2.08. The maximum Gasteiger partial charge on any atom is 0.238 e. The minimum absolute atomic E-state index is 0.585. The lowest BCUT2D eigenvalue weighted by molar-refractivity contribution is 0.953. The normalized spacial score (nSPS) is 12.5. The van der Waals surface area contributed by atoms with E-state index in [2.05, 4.69) is 149 Å². The van der Waals surface area contributed by atoms with Crippen LogP contribution in [0, 0.1) is 0 Å². The summed E-state index contributed by atoms with van der Waals surface area (Å²) in [6.45, 7) is 0. The molecule has 0 saturated heterocycles. The first-order valence-corrected chi connectivity index (χ1v) is 19.2. The van der Waals surface area contributed by atoms with Crippen molar-refractivity contribution in [3.8, 4) is 34.4 Å². The number of hydrogen-bond donors (Lipinski definition) is 0. The Morgan fingerprint density at radius 1 is 0.357 bits per heavy atom. The maximum atomic E-state index is 5.34. The van der Waals surface area contributed by atoms with Gasteiger partial charge in [0.15, 0.2) is 11.6 Å². The number of fused-ring (bicyclic) bond motifs is 12. The average Bonchev–Trinajstić information content (AvgIpc) is 3.80. The Balaban J connectivity index is 1.31. The summed E-state index contributed by atoms with van der Waals surface area (Å²) in [4.78, 5) is 15.8. The van der Waals surface area contributed by atoms with E-state index >= 15 is 0 Å². The van der Waals surface area contributed by atoms with Crippen LogP contribution in [-0.4, -0.2) is 24.1 Å². The molecule has 3 aromatic heterocycles. The standard InChI is InChI=1S/C51H33N5/c1-4-16-32(17-5-1)49-52-50(33-18-6-2-7-19-33)54-51(53-49)56-44-27-15-13-25-40(44)46-42-31-37-29-35-21-11-10-20-34(35)28-36(37)30-41(42)45-39-24-12-14-26-43(39)55(47(45)48(46)56)38-22-8-3-9-23-38/h1-27,30-31H,28-29H2. The molecule has 3 heterocycles. The summed E-state index contributed by atoms with van der Waals surface area (Å²) >= 11 is 0. The van der Waals surface area contributed by atoms with Crippen LogP contribution >= 0.6 is 0 Å². The van der Waals surface area contributed by atoms with Crippen LogP contribution in [-0.2, 0) is 12.8 Å². The number of para-hydroxylation sites is 3. The fourth-order valence-corrected chi connectivity index (χ4v) is 9.17. The third-order valence-corrected chi connectivity index (χ3v) is 11.6. The van der Waals surface area contributed by atoms with E-state index in [0.717, 1.165) is 51.7 Å². The molecule has 12 rings (SSSR count). The molecule has 5 heteroatoms. The number of rotatable bonds is 4. The van der Waals surface area contributed by atoms with Gasteiger partial charge in [-0.3, -0.25) is 4.57 Å². The van der Waals surface area contributed by atoms with Gasteiger partial charge in [-0.25, -0.2) is 4.98 Å². The summed E-state index contributed by atoms with van der Waals surface area (Å²) in [5.41, 5.74) is 13.0. The van der Waals surface area contributed by atoms with Crippen LogP contribution in [0.1, 0.15) is 22.3 Å². The lowest BCUT2D eigenvalue weighted by atomic mass is 9.83. The monoisotopic (exact) mass is 715 g/mol. The molecule has 0 radical (unpaired) electrons. The number of hydrogen-bond acceptors (Lipinski definition) is 3. The largest absolute Gasteiger partial charge is 0.307 e. The second kappa shape index (κ2) is 12.1. The molecule has 11 aromatic rings. The highest BCUT2D eigenvalue weighted by Crippen LogP contribution is 2.48. The van der Waals surface area contributed by atoms with Gasteiger partial charge in [-0.2, -0.15) is 9.97 Å². The smallest absolute Gasteiger partial charge is 0.238 e. The van der Waals surface area contributed by atoms with Gasteiger partial charge in [0.2, 0.25) is 5.95 Å². The van der Waals surface area contributed by atoms with Gasteiger partial charge in [0, 0.05) is 38.4 Å². The third kappa shape index (κ3) is 4.58. The molecule has 56 heavy (non-hydrogen) atoms. The first-order valence-electron chi connectivity index (χ1n) is 19.2. The van der Waals surface area contributed by atoms with Crippen LogP contribution in [0.5, 0.6) is 0 Å². The molecule has 8 aromatic carbocycles. The summed E-state index contributed by atoms with van der Waals surface area (Å²) in [6, 6.07) is 62.8. The molecule has 1 aliphatic carbocycles. The van der Waals surface area contributed by atoms with E-state index in [4.69, 9.17) is 15.0 Å². The summed E-state index contributed by atoms with van der Waals surface area (Å²) in [6.07, 6.45) is 1.84. The Morgan fingerprint density at radius 2 is 0.786 bits per heavy atom. The van der Waals surface area contributed by atoms with Crippen molar-refractivity contribution in [2.75, 3.05) is 0 Å². The average molecular weight is 716 g/mol. The molecule has 0 fully saturated rings. The van der Waals surface area contributed by atoms with Crippen molar-refractivity contribution in [3.63, 3.8) is 0 Å². The second-order valence-corrected chi connectivity index (χ2v) is 14.8. The quantitative estimate of drug-likeness (QED) is 0.182. The Bertz CT molecular complexity index is 3290. The zero-order valence-electron chi connectivity index (χ0n) is 30.4. The zero-order valence-corrected chi connectivity index (χ0v) is 30.4. The topological polar surface area (TPSA) is 48.5 Å². The highest BCUT2D eigenvalue weighted by molar-refractivity contribution is 6.36. The molecule has 0 spiro atoms. The summed E-state index contributed by atoms with van der Waals surface area (Å²) in [7, 11) is 0. The van der Waals surface area contributed by atoms with Crippen LogP contribution in [0.4, 0.5) is 0 Å². The second-order valence-electron chi connectivity index (χ2n) is 14.8. The van der Waals surface area contributed by atoms with E-state index < -0.39 is 0 Å². The number of nitrogens with zero attached hydrogens (tertiary/aromatic N) is 5. The SMILES string of the molecule is c1ccc(-c2nc(-c3ccccc3)nc(-n3c4ccccc4c4c5cc6c(cc5c5c7ccccc7n(-c7ccccc7)c5c43)Cc3ccccc3C6)n2)cc1. The molecule has 0 atom stereocenters. The van der Waals surface area contributed by atoms with Crippen LogP contribution in [0.15, 0.2) is 176 Å². The van der Waals surface area contributed by atoms with Gasteiger partial charge >= 0.3 is 0 Å². The number of aromatic nitrogens is 5. The van der Waals surface area contributed by atoms with E-state index in [1.165, 1.54) is 54.6 Å². The first kappa shape index (κ1) is 31.0. The molecule has 0 N–H and O–H groups in total. The molecule has 0 bridgehead atoms. The summed E-state index contributed by atoms with van der Waals surface area (Å²) < 4.78 is 4.76. The predicted molar refractivity (Wildman–Crippen MR) is 229 cm³/mol. The predicted octanol–water partition coefficient (Wildman–Crippen LogP) is 12.0. The van der Waals surface area contributed by atoms with Gasteiger partial charge in [0.1, 0.15) is 0 Å². The highest BCUT2D eigenvalue weighted by atomic mass is 15.2. The molecule has 0 amide bonds. The fraction of sp³-hybridized carbons (Fsp3) is 0.0392. The summed E-state index contributed by atoms with van der Waals surface area (Å²) in [5, 5.41) is 7.34. The fourth-order valence-electron chi connectivity index (χ4n) is 9.17. The van der Waals surface area contributed by atoms with Crippen molar-refractivity contribution < 1.29 is 0 Å². The van der Waals surface area contributed by atoms with Gasteiger partial charge < -0.3 is 4.57 Å². The van der Waals surface area contributed by atoms with Gasteiger partial charge in [0.25, 0.3) is 0 Å². The van der Waals surface area contributed by atoms with Gasteiger partial charge in [0.05, 0.1) is 22.1 Å². The van der Waals surface area contributed by atoms with Crippen molar-refractivity contribution in [1.29, 1.82) is 0 Å². The van der Waals surface area contributed by atoms with Gasteiger partial charge in [-0.05, 0) is 82.3 Å². The maximum absolute atomic E-state index is 5.34. The summed E-state index contributed by atoms with van der Waals surface area (Å²) in [5.74, 6) is 1.85. The van der Waals surface area contributed by atoms with Crippen molar-refractivity contribution in [2.24, 2.45) is 0 Å². The molecule has 262 valence electrons. The molecular weight excluding hydrogens is 683 g/mol. The van der Waals surface area contributed by atoms with E-state index in [-0.39, 0.29) is 0 Å². The lowest BCUT2D eigenvalue weighted by Gasteiger charge is -2.21. The van der Waals surface area contributed by atoms with Gasteiger partial charge in [-0.1, -0.05) is 140 Å². The Morgan fingerprint density at radius 3 is 1.32 bits per heavy atom. The van der Waals surface area contributed by atoms with Crippen molar-refractivity contribution in [1.82, 2.24) is 24.1 Å². The molecular formula is C51H33N5. The van der Waals surface area contributed by atoms with E-state index in [9.17, 15) is 0 Å². The van der Waals surface area contributed by atoms with Gasteiger partial charge in [-0.15, -0.1) is 0 Å². The van der Waals surface area contributed by atoms with E-state index in [0.29, 0.717) is 17.6 Å². The minimum atomic E-state index is 0.585. The molecule has 0 saturated carbocycles. The van der Waals surface area contributed by atoms with Crippen molar-refractivity contribution in [2.45, 2.75) is 12.8 Å². The molecule has 1 aliphatic rings. The molecule has 0 aliphatic heterocycles. The minimum Gasteiger partial charge on any atom is -0.307 e. The van der Waals surface area contributed by atoms with Crippen LogP contribution < -0.4 is 0 Å². The zero-order chi connectivity index (χ0) is 36.7.